The maximum absolute atomic E-state index is 6.01. The van der Waals surface area contributed by atoms with Gasteiger partial charge in [0.15, 0.2) is 0 Å². The van der Waals surface area contributed by atoms with Crippen LogP contribution in [0.1, 0.15) is 11.1 Å². The predicted octanol–water partition coefficient (Wildman–Crippen LogP) is 4.42. The second-order valence-corrected chi connectivity index (χ2v) is 5.87. The molecule has 0 saturated carbocycles. The zero-order valence-electron chi connectivity index (χ0n) is 11.3. The lowest BCUT2D eigenvalue weighted by Crippen LogP contribution is -1.92. The number of hydrogen-bond donors (Lipinski definition) is 1. The van der Waals surface area contributed by atoms with E-state index in [1.165, 1.54) is 16.0 Å². The molecule has 3 heteroatoms. The number of rotatable bonds is 3. The van der Waals surface area contributed by atoms with Crippen LogP contribution in [0.2, 0.25) is 0 Å². The summed E-state index contributed by atoms with van der Waals surface area (Å²) in [5.41, 5.74) is 10.3. The van der Waals surface area contributed by atoms with Gasteiger partial charge < -0.3 is 5.73 Å². The van der Waals surface area contributed by atoms with E-state index in [-0.39, 0.29) is 0 Å². The van der Waals surface area contributed by atoms with Gasteiger partial charge in [0, 0.05) is 27.9 Å². The van der Waals surface area contributed by atoms with Crippen molar-refractivity contribution in [3.63, 3.8) is 0 Å². The number of aromatic nitrogens is 1. The number of benzene rings is 2. The summed E-state index contributed by atoms with van der Waals surface area (Å²) in [7, 11) is 0. The summed E-state index contributed by atoms with van der Waals surface area (Å²) < 4.78 is 0. The molecular formula is C17H16N2S. The third-order valence-electron chi connectivity index (χ3n) is 3.27. The van der Waals surface area contributed by atoms with Gasteiger partial charge in [0.2, 0.25) is 0 Å². The van der Waals surface area contributed by atoms with Crippen LogP contribution in [-0.4, -0.2) is 4.98 Å². The van der Waals surface area contributed by atoms with Crippen LogP contribution in [0.4, 0.5) is 5.69 Å². The van der Waals surface area contributed by atoms with E-state index in [2.05, 4.69) is 42.2 Å². The first kappa shape index (κ1) is 13.0. The first-order valence-corrected chi connectivity index (χ1v) is 7.54. The zero-order valence-corrected chi connectivity index (χ0v) is 12.2. The van der Waals surface area contributed by atoms with Gasteiger partial charge in [-0.3, -0.25) is 4.98 Å². The Bertz CT molecular complexity index is 753. The number of aryl methyl sites for hydroxylation is 1. The molecule has 0 aliphatic rings. The van der Waals surface area contributed by atoms with Gasteiger partial charge in [0.1, 0.15) is 0 Å². The maximum atomic E-state index is 6.01. The summed E-state index contributed by atoms with van der Waals surface area (Å²) in [6.07, 6.45) is 1.82. The molecule has 0 aliphatic heterocycles. The number of thioether (sulfide) groups is 1. The van der Waals surface area contributed by atoms with Crippen LogP contribution in [0.5, 0.6) is 0 Å². The van der Waals surface area contributed by atoms with E-state index in [4.69, 9.17) is 5.73 Å². The van der Waals surface area contributed by atoms with Crippen molar-refractivity contribution >= 4 is 28.4 Å². The summed E-state index contributed by atoms with van der Waals surface area (Å²) in [5, 5.41) is 1.04. The Hall–Kier alpha value is -2.00. The Morgan fingerprint density at radius 1 is 1.10 bits per heavy atom. The number of pyridine rings is 1. The molecule has 0 saturated heterocycles. The quantitative estimate of drug-likeness (QED) is 0.570. The molecule has 2 nitrogen and oxygen atoms in total. The molecule has 100 valence electrons. The molecule has 3 rings (SSSR count). The predicted molar refractivity (Wildman–Crippen MR) is 86.9 cm³/mol. The Morgan fingerprint density at radius 2 is 2.00 bits per heavy atom. The van der Waals surface area contributed by atoms with E-state index in [9.17, 15) is 0 Å². The monoisotopic (exact) mass is 280 g/mol. The van der Waals surface area contributed by atoms with Crippen molar-refractivity contribution in [1.82, 2.24) is 4.98 Å². The maximum Gasteiger partial charge on any atom is 0.0763 e. The Morgan fingerprint density at radius 3 is 2.85 bits per heavy atom. The van der Waals surface area contributed by atoms with Crippen molar-refractivity contribution in [1.29, 1.82) is 0 Å². The average Bonchev–Trinajstić information content (AvgIpc) is 2.47. The molecule has 1 aromatic heterocycles. The van der Waals surface area contributed by atoms with Crippen LogP contribution in [-0.2, 0) is 5.75 Å². The number of nitrogen functional groups attached to an aromatic ring is 1. The lowest BCUT2D eigenvalue weighted by atomic mass is 10.1. The average molecular weight is 280 g/mol. The number of nitrogens with two attached hydrogens (primary N) is 1. The standard InChI is InChI=1S/C17H16N2S/c1-12-4-2-5-14(10-12)20-11-13-7-8-16(18)15-6-3-9-19-17(13)15/h2-10H,11,18H2,1H3. The van der Waals surface area contributed by atoms with Crippen LogP contribution in [0.15, 0.2) is 59.6 Å². The first-order chi connectivity index (χ1) is 9.74. The van der Waals surface area contributed by atoms with Crippen molar-refractivity contribution < 1.29 is 0 Å². The zero-order chi connectivity index (χ0) is 13.9. The summed E-state index contributed by atoms with van der Waals surface area (Å²) in [5.74, 6) is 0.900. The van der Waals surface area contributed by atoms with Gasteiger partial charge in [0.25, 0.3) is 0 Å². The SMILES string of the molecule is Cc1cccc(SCc2ccc(N)c3cccnc23)c1. The number of hydrogen-bond acceptors (Lipinski definition) is 3. The van der Waals surface area contributed by atoms with E-state index in [1.807, 2.05) is 36.2 Å². The van der Waals surface area contributed by atoms with Crippen LogP contribution >= 0.6 is 11.8 Å². The van der Waals surface area contributed by atoms with Crippen LogP contribution in [0, 0.1) is 6.92 Å². The summed E-state index contributed by atoms with van der Waals surface area (Å²) in [4.78, 5) is 5.76. The number of nitrogens with zero attached hydrogens (tertiary/aromatic N) is 1. The minimum Gasteiger partial charge on any atom is -0.398 e. The molecule has 0 unspecified atom stereocenters. The van der Waals surface area contributed by atoms with Gasteiger partial charge in [0.05, 0.1) is 5.52 Å². The van der Waals surface area contributed by atoms with E-state index in [1.54, 1.807) is 0 Å². The smallest absolute Gasteiger partial charge is 0.0763 e. The molecule has 20 heavy (non-hydrogen) atoms. The Balaban J connectivity index is 1.90. The molecule has 2 N–H and O–H groups in total. The largest absolute Gasteiger partial charge is 0.398 e. The molecule has 0 aliphatic carbocycles. The minimum absolute atomic E-state index is 0.789. The fourth-order valence-electron chi connectivity index (χ4n) is 2.24. The molecule has 0 spiro atoms. The summed E-state index contributed by atoms with van der Waals surface area (Å²) in [6, 6.07) is 16.6. The molecule has 0 bridgehead atoms. The number of anilines is 1. The van der Waals surface area contributed by atoms with Gasteiger partial charge in [-0.2, -0.15) is 0 Å². The molecule has 2 aromatic carbocycles. The highest BCUT2D eigenvalue weighted by Gasteiger charge is 2.05. The van der Waals surface area contributed by atoms with Crippen molar-refractivity contribution in [3.8, 4) is 0 Å². The molecule has 0 fully saturated rings. The van der Waals surface area contributed by atoms with E-state index in [0.29, 0.717) is 0 Å². The van der Waals surface area contributed by atoms with Crippen molar-refractivity contribution in [2.75, 3.05) is 5.73 Å². The molecular weight excluding hydrogens is 264 g/mol. The molecule has 0 atom stereocenters. The lowest BCUT2D eigenvalue weighted by molar-refractivity contribution is 1.32. The fraction of sp³-hybridized carbons (Fsp3) is 0.118. The first-order valence-electron chi connectivity index (χ1n) is 6.55. The molecule has 0 radical (unpaired) electrons. The summed E-state index contributed by atoms with van der Waals surface area (Å²) in [6.45, 7) is 2.12. The van der Waals surface area contributed by atoms with Gasteiger partial charge in [-0.05, 0) is 42.8 Å². The molecule has 3 aromatic rings. The third kappa shape index (κ3) is 2.63. The van der Waals surface area contributed by atoms with Crippen LogP contribution in [0.25, 0.3) is 10.9 Å². The lowest BCUT2D eigenvalue weighted by Gasteiger charge is -2.08. The molecule has 0 amide bonds. The normalized spacial score (nSPS) is 10.8. The van der Waals surface area contributed by atoms with Crippen molar-refractivity contribution in [3.05, 3.63) is 65.9 Å². The van der Waals surface area contributed by atoms with Crippen molar-refractivity contribution in [2.45, 2.75) is 17.6 Å². The van der Waals surface area contributed by atoms with Crippen LogP contribution < -0.4 is 5.73 Å². The highest BCUT2D eigenvalue weighted by Crippen LogP contribution is 2.29. The second-order valence-electron chi connectivity index (χ2n) is 4.82. The highest BCUT2D eigenvalue weighted by atomic mass is 32.2. The second kappa shape index (κ2) is 5.55. The van der Waals surface area contributed by atoms with Gasteiger partial charge in [-0.1, -0.05) is 23.8 Å². The van der Waals surface area contributed by atoms with E-state index in [0.717, 1.165) is 22.3 Å². The molecule has 1 heterocycles. The Kier molecular flexibility index (Phi) is 3.61. The van der Waals surface area contributed by atoms with Gasteiger partial charge >= 0.3 is 0 Å². The van der Waals surface area contributed by atoms with E-state index >= 15 is 0 Å². The van der Waals surface area contributed by atoms with E-state index < -0.39 is 0 Å². The topological polar surface area (TPSA) is 38.9 Å². The Labute approximate surface area is 123 Å². The number of fused-ring (bicyclic) bond motifs is 1. The van der Waals surface area contributed by atoms with Gasteiger partial charge in [-0.25, -0.2) is 0 Å². The highest BCUT2D eigenvalue weighted by molar-refractivity contribution is 7.98. The minimum atomic E-state index is 0.789. The summed E-state index contributed by atoms with van der Waals surface area (Å²) >= 11 is 1.83. The van der Waals surface area contributed by atoms with Crippen LogP contribution in [0.3, 0.4) is 0 Å². The van der Waals surface area contributed by atoms with Crippen molar-refractivity contribution in [2.24, 2.45) is 0 Å². The fourth-order valence-corrected chi connectivity index (χ4v) is 3.24. The van der Waals surface area contributed by atoms with Gasteiger partial charge in [-0.15, -0.1) is 11.8 Å². The third-order valence-corrected chi connectivity index (χ3v) is 4.31.